The third-order valence-electron chi connectivity index (χ3n) is 1.89. The van der Waals surface area contributed by atoms with E-state index in [1.807, 2.05) is 15.6 Å². The van der Waals surface area contributed by atoms with Gasteiger partial charge in [-0.15, -0.1) is 0 Å². The number of carbonyl (C=O) groups is 2. The molecule has 0 fully saturated rings. The Bertz CT molecular complexity index is 564. The van der Waals surface area contributed by atoms with Crippen LogP contribution in [0.15, 0.2) is 21.6 Å². The average Bonchev–Trinajstić information content (AvgIpc) is 2.86. The first-order valence-corrected chi connectivity index (χ1v) is 6.65. The lowest BCUT2D eigenvalue weighted by Crippen LogP contribution is -2.41. The first-order valence-electron chi connectivity index (χ1n) is 5.17. The van der Waals surface area contributed by atoms with Crippen molar-refractivity contribution < 1.29 is 27.2 Å². The Balaban J connectivity index is 2.67. The van der Waals surface area contributed by atoms with Crippen LogP contribution in [0.1, 0.15) is 17.5 Å². The SMILES string of the molecule is CCOC(=O)NNC(=O)c1ccc(S(=O)(=O)NC)o1. The summed E-state index contributed by atoms with van der Waals surface area (Å²) in [7, 11) is -2.55. The molecule has 0 aromatic carbocycles. The molecule has 1 aromatic rings. The molecule has 0 saturated heterocycles. The molecule has 106 valence electrons. The van der Waals surface area contributed by atoms with E-state index >= 15 is 0 Å². The summed E-state index contributed by atoms with van der Waals surface area (Å²) in [6.45, 7) is 1.75. The highest BCUT2D eigenvalue weighted by molar-refractivity contribution is 7.89. The zero-order chi connectivity index (χ0) is 14.5. The molecule has 0 atom stereocenters. The van der Waals surface area contributed by atoms with Crippen LogP contribution in [0.5, 0.6) is 0 Å². The highest BCUT2D eigenvalue weighted by Gasteiger charge is 2.19. The topological polar surface area (TPSA) is 127 Å². The van der Waals surface area contributed by atoms with Crippen LogP contribution in [0, 0.1) is 0 Å². The Morgan fingerprint density at radius 3 is 2.58 bits per heavy atom. The van der Waals surface area contributed by atoms with Crippen LogP contribution in [-0.4, -0.2) is 34.1 Å². The lowest BCUT2D eigenvalue weighted by atomic mass is 10.4. The molecule has 19 heavy (non-hydrogen) atoms. The van der Waals surface area contributed by atoms with Gasteiger partial charge in [0, 0.05) is 0 Å². The van der Waals surface area contributed by atoms with Crippen LogP contribution in [-0.2, 0) is 14.8 Å². The molecular formula is C9H13N3O6S. The van der Waals surface area contributed by atoms with Gasteiger partial charge in [-0.05, 0) is 26.1 Å². The van der Waals surface area contributed by atoms with Crippen LogP contribution >= 0.6 is 0 Å². The van der Waals surface area contributed by atoms with Gasteiger partial charge in [-0.3, -0.25) is 10.2 Å². The fraction of sp³-hybridized carbons (Fsp3) is 0.333. The molecule has 0 spiro atoms. The molecule has 0 unspecified atom stereocenters. The van der Waals surface area contributed by atoms with E-state index in [0.29, 0.717) is 0 Å². The van der Waals surface area contributed by atoms with Gasteiger partial charge in [0.05, 0.1) is 6.61 Å². The highest BCUT2D eigenvalue weighted by atomic mass is 32.2. The van der Waals surface area contributed by atoms with E-state index < -0.39 is 27.1 Å². The summed E-state index contributed by atoms with van der Waals surface area (Å²) < 4.78 is 34.1. The van der Waals surface area contributed by atoms with E-state index in [-0.39, 0.29) is 12.4 Å². The molecule has 0 saturated carbocycles. The summed E-state index contributed by atoms with van der Waals surface area (Å²) in [5.41, 5.74) is 3.95. The lowest BCUT2D eigenvalue weighted by molar-refractivity contribution is 0.0880. The molecule has 10 heteroatoms. The van der Waals surface area contributed by atoms with E-state index in [9.17, 15) is 18.0 Å². The number of sulfonamides is 1. The molecule has 1 rings (SSSR count). The second-order valence-electron chi connectivity index (χ2n) is 3.13. The lowest BCUT2D eigenvalue weighted by Gasteiger charge is -2.05. The van der Waals surface area contributed by atoms with Crippen molar-refractivity contribution in [2.24, 2.45) is 0 Å². The number of hydrogen-bond donors (Lipinski definition) is 3. The molecule has 0 radical (unpaired) electrons. The smallest absolute Gasteiger partial charge is 0.426 e. The number of hydrogen-bond acceptors (Lipinski definition) is 6. The van der Waals surface area contributed by atoms with Crippen molar-refractivity contribution in [3.05, 3.63) is 17.9 Å². The number of ether oxygens (including phenoxy) is 1. The van der Waals surface area contributed by atoms with E-state index in [4.69, 9.17) is 4.42 Å². The standard InChI is InChI=1S/C9H13N3O6S/c1-3-17-9(14)12-11-8(13)6-4-5-7(18-6)19(15,16)10-2/h4-5,10H,3H2,1-2H3,(H,11,13)(H,12,14). The first-order chi connectivity index (χ1) is 8.90. The molecule has 2 amide bonds. The summed E-state index contributed by atoms with van der Waals surface area (Å²) in [6, 6.07) is 2.28. The van der Waals surface area contributed by atoms with E-state index in [2.05, 4.69) is 4.74 Å². The number of rotatable bonds is 4. The van der Waals surface area contributed by atoms with Crippen LogP contribution in [0.3, 0.4) is 0 Å². The fourth-order valence-electron chi connectivity index (χ4n) is 1.02. The van der Waals surface area contributed by atoms with Gasteiger partial charge in [0.1, 0.15) is 0 Å². The number of furan rings is 1. The number of hydrazine groups is 1. The van der Waals surface area contributed by atoms with Crippen molar-refractivity contribution >= 4 is 22.0 Å². The fourth-order valence-corrected chi connectivity index (χ4v) is 1.67. The van der Waals surface area contributed by atoms with Crippen molar-refractivity contribution in [1.29, 1.82) is 0 Å². The molecule has 0 aliphatic rings. The largest absolute Gasteiger partial charge is 0.449 e. The van der Waals surface area contributed by atoms with Crippen molar-refractivity contribution in [3.63, 3.8) is 0 Å². The Morgan fingerprint density at radius 1 is 1.32 bits per heavy atom. The van der Waals surface area contributed by atoms with Crippen LogP contribution < -0.4 is 15.6 Å². The maximum absolute atomic E-state index is 11.5. The quantitative estimate of drug-likeness (QED) is 0.646. The summed E-state index contributed by atoms with van der Waals surface area (Å²) >= 11 is 0. The van der Waals surface area contributed by atoms with Gasteiger partial charge in [-0.1, -0.05) is 0 Å². The Morgan fingerprint density at radius 2 is 2.00 bits per heavy atom. The van der Waals surface area contributed by atoms with Crippen LogP contribution in [0.25, 0.3) is 0 Å². The summed E-state index contributed by atoms with van der Waals surface area (Å²) in [5, 5.41) is -0.406. The minimum absolute atomic E-state index is 0.146. The maximum atomic E-state index is 11.5. The second kappa shape index (κ2) is 6.20. The molecule has 0 aliphatic heterocycles. The van der Waals surface area contributed by atoms with Gasteiger partial charge in [-0.25, -0.2) is 23.4 Å². The van der Waals surface area contributed by atoms with Gasteiger partial charge in [0.2, 0.25) is 5.09 Å². The zero-order valence-electron chi connectivity index (χ0n) is 10.2. The van der Waals surface area contributed by atoms with E-state index in [1.165, 1.54) is 7.05 Å². The van der Waals surface area contributed by atoms with Crippen molar-refractivity contribution in [2.75, 3.05) is 13.7 Å². The predicted octanol–water partition coefficient (Wildman–Crippen LogP) is -0.421. The number of carbonyl (C=O) groups excluding carboxylic acids is 2. The normalized spacial score (nSPS) is 10.8. The molecule has 0 aliphatic carbocycles. The van der Waals surface area contributed by atoms with Gasteiger partial charge in [0.15, 0.2) is 5.76 Å². The van der Waals surface area contributed by atoms with Crippen molar-refractivity contribution in [1.82, 2.24) is 15.6 Å². The Labute approximate surface area is 109 Å². The summed E-state index contributed by atoms with van der Waals surface area (Å²) in [6.07, 6.45) is -0.842. The second-order valence-corrected chi connectivity index (χ2v) is 4.94. The molecule has 1 aromatic heterocycles. The van der Waals surface area contributed by atoms with Gasteiger partial charge in [0.25, 0.3) is 10.0 Å². The molecular weight excluding hydrogens is 278 g/mol. The van der Waals surface area contributed by atoms with E-state index in [0.717, 1.165) is 12.1 Å². The molecule has 1 heterocycles. The van der Waals surface area contributed by atoms with Crippen LogP contribution in [0.4, 0.5) is 4.79 Å². The number of nitrogens with one attached hydrogen (secondary N) is 3. The molecule has 0 bridgehead atoms. The Kier molecular flexibility index (Phi) is 4.89. The third kappa shape index (κ3) is 3.96. The molecule has 9 nitrogen and oxygen atoms in total. The first kappa shape index (κ1) is 15.0. The van der Waals surface area contributed by atoms with E-state index in [1.54, 1.807) is 6.92 Å². The number of amides is 2. The molecule has 3 N–H and O–H groups in total. The third-order valence-corrected chi connectivity index (χ3v) is 3.18. The Hall–Kier alpha value is -2.07. The summed E-state index contributed by atoms with van der Waals surface area (Å²) in [4.78, 5) is 22.4. The predicted molar refractivity (Wildman–Crippen MR) is 62.6 cm³/mol. The highest BCUT2D eigenvalue weighted by Crippen LogP contribution is 2.12. The van der Waals surface area contributed by atoms with Gasteiger partial charge >= 0.3 is 12.0 Å². The van der Waals surface area contributed by atoms with Gasteiger partial charge < -0.3 is 9.15 Å². The summed E-state index contributed by atoms with van der Waals surface area (Å²) in [5.74, 6) is -1.09. The van der Waals surface area contributed by atoms with Crippen LogP contribution in [0.2, 0.25) is 0 Å². The van der Waals surface area contributed by atoms with Crippen molar-refractivity contribution in [2.45, 2.75) is 12.0 Å². The average molecular weight is 291 g/mol. The minimum atomic E-state index is -3.76. The zero-order valence-corrected chi connectivity index (χ0v) is 11.0. The minimum Gasteiger partial charge on any atom is -0.449 e. The van der Waals surface area contributed by atoms with Gasteiger partial charge in [-0.2, -0.15) is 0 Å². The maximum Gasteiger partial charge on any atom is 0.426 e. The monoisotopic (exact) mass is 291 g/mol. The van der Waals surface area contributed by atoms with Crippen molar-refractivity contribution in [3.8, 4) is 0 Å².